The van der Waals surface area contributed by atoms with Gasteiger partial charge in [0.25, 0.3) is 5.91 Å². The summed E-state index contributed by atoms with van der Waals surface area (Å²) in [5, 5.41) is 5.29. The van der Waals surface area contributed by atoms with E-state index in [1.54, 1.807) is 36.4 Å². The zero-order valence-electron chi connectivity index (χ0n) is 15.7. The van der Waals surface area contributed by atoms with Crippen molar-refractivity contribution in [2.45, 2.75) is 6.54 Å². The van der Waals surface area contributed by atoms with Gasteiger partial charge in [0, 0.05) is 28.9 Å². The lowest BCUT2D eigenvalue weighted by Crippen LogP contribution is -2.20. The van der Waals surface area contributed by atoms with Crippen LogP contribution in [0.5, 0.6) is 0 Å². The number of hydrogen-bond acceptors (Lipinski definition) is 2. The molecule has 3 aromatic rings. The maximum absolute atomic E-state index is 14.2. The lowest BCUT2D eigenvalue weighted by Gasteiger charge is -2.13. The van der Waals surface area contributed by atoms with Gasteiger partial charge in [0.15, 0.2) is 17.5 Å². The Morgan fingerprint density at radius 3 is 2.27 bits per heavy atom. The van der Waals surface area contributed by atoms with Crippen LogP contribution in [-0.2, 0) is 11.3 Å². The smallest absolute Gasteiger partial charge is 0.255 e. The fourth-order valence-electron chi connectivity index (χ4n) is 2.79. The number of anilines is 1. The number of para-hydroxylation sites is 1. The highest BCUT2D eigenvalue weighted by atomic mass is 19.2. The summed E-state index contributed by atoms with van der Waals surface area (Å²) in [5.41, 5.74) is 1.40. The molecule has 0 saturated carbocycles. The minimum absolute atomic E-state index is 0.168. The van der Waals surface area contributed by atoms with Gasteiger partial charge in [0.2, 0.25) is 5.91 Å². The quantitative estimate of drug-likeness (QED) is 0.452. The Labute approximate surface area is 171 Å². The van der Waals surface area contributed by atoms with E-state index < -0.39 is 23.4 Å². The van der Waals surface area contributed by atoms with Crippen molar-refractivity contribution in [3.8, 4) is 11.1 Å². The van der Waals surface area contributed by atoms with Crippen molar-refractivity contribution in [3.63, 3.8) is 0 Å². The Bertz CT molecular complexity index is 1110. The zero-order valence-corrected chi connectivity index (χ0v) is 15.7. The van der Waals surface area contributed by atoms with E-state index in [9.17, 15) is 22.8 Å². The second-order valence-electron chi connectivity index (χ2n) is 6.34. The van der Waals surface area contributed by atoms with Gasteiger partial charge in [0.05, 0.1) is 0 Å². The second kappa shape index (κ2) is 9.09. The van der Waals surface area contributed by atoms with Gasteiger partial charge in [-0.3, -0.25) is 9.59 Å². The Morgan fingerprint density at radius 2 is 1.57 bits per heavy atom. The molecule has 0 aliphatic carbocycles. The van der Waals surface area contributed by atoms with Crippen LogP contribution in [0.15, 0.2) is 73.3 Å². The van der Waals surface area contributed by atoms with Crippen LogP contribution in [0.1, 0.15) is 15.9 Å². The maximum atomic E-state index is 14.2. The summed E-state index contributed by atoms with van der Waals surface area (Å²) in [4.78, 5) is 23.8. The Kier molecular flexibility index (Phi) is 6.32. The highest BCUT2D eigenvalue weighted by Crippen LogP contribution is 2.32. The molecule has 0 saturated heterocycles. The topological polar surface area (TPSA) is 58.2 Å². The average Bonchev–Trinajstić information content (AvgIpc) is 2.77. The molecule has 152 valence electrons. The number of rotatable bonds is 6. The SMILES string of the molecule is C=CC(=O)NCc1ccc(C(=O)Nc2ccccc2-c2ccc(F)c(F)c2F)cc1. The Hall–Kier alpha value is -3.87. The van der Waals surface area contributed by atoms with Crippen LogP contribution in [0.2, 0.25) is 0 Å². The summed E-state index contributed by atoms with van der Waals surface area (Å²) >= 11 is 0. The molecule has 0 aliphatic rings. The van der Waals surface area contributed by atoms with E-state index in [1.807, 2.05) is 0 Å². The van der Waals surface area contributed by atoms with Crippen molar-refractivity contribution < 1.29 is 22.8 Å². The first kappa shape index (κ1) is 20.9. The molecule has 0 radical (unpaired) electrons. The van der Waals surface area contributed by atoms with E-state index in [1.165, 1.54) is 12.1 Å². The summed E-state index contributed by atoms with van der Waals surface area (Å²) in [7, 11) is 0. The average molecular weight is 410 g/mol. The van der Waals surface area contributed by atoms with Gasteiger partial charge in [0.1, 0.15) is 0 Å². The lowest BCUT2D eigenvalue weighted by atomic mass is 10.0. The van der Waals surface area contributed by atoms with Crippen molar-refractivity contribution >= 4 is 17.5 Å². The van der Waals surface area contributed by atoms with Crippen LogP contribution < -0.4 is 10.6 Å². The fraction of sp³-hybridized carbons (Fsp3) is 0.0435. The van der Waals surface area contributed by atoms with Crippen LogP contribution in [0, 0.1) is 17.5 Å². The molecule has 3 rings (SSSR count). The number of benzene rings is 3. The van der Waals surface area contributed by atoms with E-state index >= 15 is 0 Å². The number of hydrogen-bond donors (Lipinski definition) is 2. The first-order valence-electron chi connectivity index (χ1n) is 8.94. The molecule has 0 heterocycles. The summed E-state index contributed by atoms with van der Waals surface area (Å²) in [5.74, 6) is -4.97. The third-order valence-electron chi connectivity index (χ3n) is 4.37. The molecule has 2 amide bonds. The summed E-state index contributed by atoms with van der Waals surface area (Å²) < 4.78 is 41.1. The first-order valence-corrected chi connectivity index (χ1v) is 8.94. The van der Waals surface area contributed by atoms with Crippen molar-refractivity contribution in [1.29, 1.82) is 0 Å². The normalized spacial score (nSPS) is 10.4. The lowest BCUT2D eigenvalue weighted by molar-refractivity contribution is -0.116. The van der Waals surface area contributed by atoms with Crippen molar-refractivity contribution in [1.82, 2.24) is 5.32 Å². The molecule has 0 aromatic heterocycles. The molecular formula is C23H17F3N2O2. The number of halogens is 3. The van der Waals surface area contributed by atoms with Gasteiger partial charge >= 0.3 is 0 Å². The molecule has 0 bridgehead atoms. The van der Waals surface area contributed by atoms with Crippen LogP contribution in [0.25, 0.3) is 11.1 Å². The number of nitrogens with one attached hydrogen (secondary N) is 2. The predicted molar refractivity (Wildman–Crippen MR) is 108 cm³/mol. The first-order chi connectivity index (χ1) is 14.4. The largest absolute Gasteiger partial charge is 0.348 e. The molecule has 30 heavy (non-hydrogen) atoms. The molecular weight excluding hydrogens is 393 g/mol. The Balaban J connectivity index is 1.81. The number of amides is 2. The summed E-state index contributed by atoms with van der Waals surface area (Å²) in [6.07, 6.45) is 1.16. The highest BCUT2D eigenvalue weighted by Gasteiger charge is 2.18. The van der Waals surface area contributed by atoms with E-state index in [2.05, 4.69) is 17.2 Å². The van der Waals surface area contributed by atoms with Crippen LogP contribution in [0.4, 0.5) is 18.9 Å². The fourth-order valence-corrected chi connectivity index (χ4v) is 2.79. The summed E-state index contributed by atoms with van der Waals surface area (Å²) in [6, 6.07) is 14.7. The van der Waals surface area contributed by atoms with Gasteiger partial charge in [-0.05, 0) is 42.0 Å². The summed E-state index contributed by atoms with van der Waals surface area (Å²) in [6.45, 7) is 3.65. The minimum atomic E-state index is -1.58. The predicted octanol–water partition coefficient (Wildman–Crippen LogP) is 4.83. The van der Waals surface area contributed by atoms with Gasteiger partial charge < -0.3 is 10.6 Å². The third-order valence-corrected chi connectivity index (χ3v) is 4.37. The van der Waals surface area contributed by atoms with E-state index in [-0.39, 0.29) is 29.3 Å². The molecule has 2 N–H and O–H groups in total. The number of carbonyl (C=O) groups excluding carboxylic acids is 2. The van der Waals surface area contributed by atoms with E-state index in [0.29, 0.717) is 5.56 Å². The monoisotopic (exact) mass is 410 g/mol. The molecule has 3 aromatic carbocycles. The van der Waals surface area contributed by atoms with Crippen LogP contribution >= 0.6 is 0 Å². The van der Waals surface area contributed by atoms with Crippen molar-refractivity contribution in [2.24, 2.45) is 0 Å². The molecule has 7 heteroatoms. The molecule has 0 spiro atoms. The minimum Gasteiger partial charge on any atom is -0.348 e. The standard InChI is InChI=1S/C23H17F3N2O2/c1-2-20(29)27-13-14-7-9-15(10-8-14)23(30)28-19-6-4-3-5-16(19)17-11-12-18(24)22(26)21(17)25/h2-12H,1,13H2,(H,27,29)(H,28,30). The van der Waals surface area contributed by atoms with E-state index in [0.717, 1.165) is 23.8 Å². The molecule has 4 nitrogen and oxygen atoms in total. The van der Waals surface area contributed by atoms with Gasteiger partial charge in [-0.25, -0.2) is 13.2 Å². The van der Waals surface area contributed by atoms with Gasteiger partial charge in [-0.15, -0.1) is 0 Å². The second-order valence-corrected chi connectivity index (χ2v) is 6.34. The zero-order chi connectivity index (χ0) is 21.7. The van der Waals surface area contributed by atoms with Crippen LogP contribution in [0.3, 0.4) is 0 Å². The van der Waals surface area contributed by atoms with Crippen LogP contribution in [-0.4, -0.2) is 11.8 Å². The number of carbonyl (C=O) groups is 2. The molecule has 0 fully saturated rings. The van der Waals surface area contributed by atoms with Gasteiger partial charge in [-0.2, -0.15) is 0 Å². The Morgan fingerprint density at radius 1 is 0.867 bits per heavy atom. The van der Waals surface area contributed by atoms with Crippen molar-refractivity contribution in [3.05, 3.63) is 102 Å². The highest BCUT2D eigenvalue weighted by molar-refractivity contribution is 6.06. The third kappa shape index (κ3) is 4.57. The van der Waals surface area contributed by atoms with E-state index in [4.69, 9.17) is 0 Å². The molecule has 0 unspecified atom stereocenters. The molecule has 0 aliphatic heterocycles. The molecule has 0 atom stereocenters. The van der Waals surface area contributed by atoms with Crippen molar-refractivity contribution in [2.75, 3.05) is 5.32 Å². The van der Waals surface area contributed by atoms with Gasteiger partial charge in [-0.1, -0.05) is 36.9 Å². The maximum Gasteiger partial charge on any atom is 0.255 e.